The first kappa shape index (κ1) is 34.2. The quantitative estimate of drug-likeness (QED) is 0.173. The van der Waals surface area contributed by atoms with Crippen LogP contribution in [-0.4, -0.2) is 15.0 Å². The third-order valence-corrected chi connectivity index (χ3v) is 13.5. The third kappa shape index (κ3) is 5.36. The van der Waals surface area contributed by atoms with Gasteiger partial charge in [-0.05, 0) is 65.1 Å². The molecule has 8 aromatic carbocycles. The molecule has 0 aliphatic heterocycles. The molecule has 61 heavy (non-hydrogen) atoms. The van der Waals surface area contributed by atoms with Gasteiger partial charge in [-0.1, -0.05) is 146 Å². The van der Waals surface area contributed by atoms with E-state index >= 15 is 0 Å². The molecule has 6 heteroatoms. The molecule has 0 fully saturated rings. The Bertz CT molecular complexity index is 3840. The number of furan rings is 2. The Balaban J connectivity index is 0.984. The smallest absolute Gasteiger partial charge is 0.164 e. The number of hydrogen-bond acceptors (Lipinski definition) is 6. The van der Waals surface area contributed by atoms with Crippen LogP contribution in [0.1, 0.15) is 24.2 Å². The summed E-state index contributed by atoms with van der Waals surface area (Å²) in [6.45, 7) is 0. The Morgan fingerprint density at radius 1 is 0.426 bits per heavy atom. The highest BCUT2D eigenvalue weighted by Crippen LogP contribution is 2.46. The molecule has 13 rings (SSSR count). The van der Waals surface area contributed by atoms with Crippen molar-refractivity contribution in [2.24, 2.45) is 0 Å². The van der Waals surface area contributed by atoms with Gasteiger partial charge in [0.1, 0.15) is 22.3 Å². The largest absolute Gasteiger partial charge is 0.456 e. The van der Waals surface area contributed by atoms with Crippen LogP contribution in [0, 0.1) is 0 Å². The Kier molecular flexibility index (Phi) is 7.53. The van der Waals surface area contributed by atoms with Gasteiger partial charge in [-0.25, -0.2) is 15.0 Å². The highest BCUT2D eigenvalue weighted by molar-refractivity contribution is 7.26. The fourth-order valence-corrected chi connectivity index (χ4v) is 10.7. The third-order valence-electron chi connectivity index (χ3n) is 12.2. The van der Waals surface area contributed by atoms with E-state index in [0.29, 0.717) is 17.5 Å². The fourth-order valence-electron chi connectivity index (χ4n) is 9.48. The van der Waals surface area contributed by atoms with Crippen LogP contribution in [0.5, 0.6) is 0 Å². The van der Waals surface area contributed by atoms with E-state index in [9.17, 15) is 0 Å². The molecule has 5 nitrogen and oxygen atoms in total. The average Bonchev–Trinajstić information content (AvgIpc) is 4.03. The molecule has 0 atom stereocenters. The van der Waals surface area contributed by atoms with Crippen LogP contribution >= 0.6 is 11.3 Å². The number of aromatic nitrogens is 3. The lowest BCUT2D eigenvalue weighted by Crippen LogP contribution is -2.04. The van der Waals surface area contributed by atoms with Gasteiger partial charge in [0.2, 0.25) is 0 Å². The summed E-state index contributed by atoms with van der Waals surface area (Å²) in [5.41, 5.74) is 10.9. The van der Waals surface area contributed by atoms with E-state index < -0.39 is 0 Å². The molecule has 0 spiro atoms. The topological polar surface area (TPSA) is 65.0 Å². The summed E-state index contributed by atoms with van der Waals surface area (Å²) in [4.78, 5) is 15.8. The molecular formula is C55H33N3O2S. The minimum absolute atomic E-state index is 0.607. The highest BCUT2D eigenvalue weighted by atomic mass is 32.1. The normalized spacial score (nSPS) is 13.3. The molecule has 0 unspecified atom stereocenters. The number of allylic oxidation sites excluding steroid dienone is 4. The van der Waals surface area contributed by atoms with E-state index in [0.717, 1.165) is 95.3 Å². The van der Waals surface area contributed by atoms with Gasteiger partial charge in [0, 0.05) is 69.5 Å². The maximum absolute atomic E-state index is 6.85. The maximum atomic E-state index is 6.85. The maximum Gasteiger partial charge on any atom is 0.164 e. The van der Waals surface area contributed by atoms with Crippen LogP contribution in [0.25, 0.3) is 120 Å². The second-order valence-electron chi connectivity index (χ2n) is 15.7. The number of nitrogens with zero attached hydrogens (tertiary/aromatic N) is 3. The molecule has 0 saturated heterocycles. The second kappa shape index (κ2) is 13.4. The molecule has 4 aromatic heterocycles. The summed E-state index contributed by atoms with van der Waals surface area (Å²) in [6.07, 6.45) is 6.27. The molecule has 0 saturated carbocycles. The van der Waals surface area contributed by atoms with Gasteiger partial charge in [0.15, 0.2) is 17.5 Å². The zero-order chi connectivity index (χ0) is 40.0. The van der Waals surface area contributed by atoms with Gasteiger partial charge in [0.05, 0.1) is 0 Å². The first-order valence-electron chi connectivity index (χ1n) is 20.6. The van der Waals surface area contributed by atoms with Crippen molar-refractivity contribution in [2.75, 3.05) is 0 Å². The number of rotatable bonds is 5. The molecule has 0 N–H and O–H groups in total. The summed E-state index contributed by atoms with van der Waals surface area (Å²) in [5.74, 6) is 1.88. The monoisotopic (exact) mass is 799 g/mol. The lowest BCUT2D eigenvalue weighted by Gasteiger charge is -2.16. The number of fused-ring (bicyclic) bond motifs is 10. The van der Waals surface area contributed by atoms with Crippen molar-refractivity contribution < 1.29 is 8.83 Å². The highest BCUT2D eigenvalue weighted by Gasteiger charge is 2.23. The van der Waals surface area contributed by atoms with Crippen molar-refractivity contribution in [3.63, 3.8) is 0 Å². The predicted octanol–water partition coefficient (Wildman–Crippen LogP) is 15.5. The first-order valence-corrected chi connectivity index (χ1v) is 21.5. The van der Waals surface area contributed by atoms with Crippen LogP contribution in [0.2, 0.25) is 0 Å². The second-order valence-corrected chi connectivity index (χ2v) is 16.8. The molecular weight excluding hydrogens is 767 g/mol. The van der Waals surface area contributed by atoms with Crippen molar-refractivity contribution in [1.29, 1.82) is 0 Å². The van der Waals surface area contributed by atoms with E-state index in [4.69, 9.17) is 23.8 Å². The van der Waals surface area contributed by atoms with Crippen molar-refractivity contribution >= 4 is 97.3 Å². The minimum Gasteiger partial charge on any atom is -0.456 e. The predicted molar refractivity (Wildman–Crippen MR) is 253 cm³/mol. The zero-order valence-corrected chi connectivity index (χ0v) is 33.5. The van der Waals surface area contributed by atoms with Crippen molar-refractivity contribution in [1.82, 2.24) is 15.0 Å². The SMILES string of the molecule is C1=C(c2nc(-c3cccc4ccccc34)nc(-c3cccc4oc5ccccc5c34)n2)C=C(c2cccc3oc4c(-c5cccc6c5sc5ccccc56)cccc4c23)CC1. The van der Waals surface area contributed by atoms with Gasteiger partial charge >= 0.3 is 0 Å². The van der Waals surface area contributed by atoms with Gasteiger partial charge in [-0.15, -0.1) is 11.3 Å². The molecule has 4 heterocycles. The average molecular weight is 800 g/mol. The number of hydrogen-bond donors (Lipinski definition) is 0. The number of thiophene rings is 1. The zero-order valence-electron chi connectivity index (χ0n) is 32.7. The summed E-state index contributed by atoms with van der Waals surface area (Å²) in [5, 5.41) is 9.06. The standard InChI is InChI=1S/C55H33N3O2S/c1-2-17-35-32(13-1)14-8-24-41(35)54-56-53(57-55(58-54)44-26-12-28-46-50(44)42-19-3-5-27-45(42)59-46)34-16-7-15-33(31-34)36-20-11-29-47-49(36)43-25-9-21-38(51(43)60-47)40-23-10-22-39-37-18-4-6-30-48(37)61-52(39)40/h1-6,8-14,16-31H,7,15H2. The first-order chi connectivity index (χ1) is 30.2. The minimum atomic E-state index is 0.607. The Morgan fingerprint density at radius 2 is 1.02 bits per heavy atom. The van der Waals surface area contributed by atoms with Gasteiger partial charge < -0.3 is 8.83 Å². The summed E-state index contributed by atoms with van der Waals surface area (Å²) >= 11 is 1.85. The van der Waals surface area contributed by atoms with Crippen molar-refractivity contribution in [3.8, 4) is 33.9 Å². The fraction of sp³-hybridized carbons (Fsp3) is 0.0364. The van der Waals surface area contributed by atoms with Crippen molar-refractivity contribution in [3.05, 3.63) is 187 Å². The van der Waals surface area contributed by atoms with Gasteiger partial charge in [-0.3, -0.25) is 0 Å². The Morgan fingerprint density at radius 3 is 1.92 bits per heavy atom. The van der Waals surface area contributed by atoms with Crippen LogP contribution in [0.15, 0.2) is 185 Å². The molecule has 0 bridgehead atoms. The molecule has 1 aliphatic carbocycles. The van der Waals surface area contributed by atoms with Crippen molar-refractivity contribution in [2.45, 2.75) is 12.8 Å². The van der Waals surface area contributed by atoms with Crippen LogP contribution in [-0.2, 0) is 0 Å². The van der Waals surface area contributed by atoms with E-state index in [1.165, 1.54) is 31.3 Å². The van der Waals surface area contributed by atoms with E-state index in [2.05, 4.69) is 146 Å². The molecule has 0 radical (unpaired) electrons. The molecule has 12 aromatic rings. The summed E-state index contributed by atoms with van der Waals surface area (Å²) in [7, 11) is 0. The molecule has 286 valence electrons. The van der Waals surface area contributed by atoms with Crippen LogP contribution in [0.4, 0.5) is 0 Å². The summed E-state index contributed by atoms with van der Waals surface area (Å²) < 4.78 is 15.7. The van der Waals surface area contributed by atoms with Crippen LogP contribution in [0.3, 0.4) is 0 Å². The molecule has 1 aliphatic rings. The van der Waals surface area contributed by atoms with E-state index in [-0.39, 0.29) is 0 Å². The Hall–Kier alpha value is -7.67. The van der Waals surface area contributed by atoms with E-state index in [1.807, 2.05) is 41.7 Å². The lowest BCUT2D eigenvalue weighted by molar-refractivity contribution is 0.669. The van der Waals surface area contributed by atoms with Gasteiger partial charge in [0.25, 0.3) is 0 Å². The molecule has 0 amide bonds. The lowest BCUT2D eigenvalue weighted by atomic mass is 9.90. The van der Waals surface area contributed by atoms with Crippen LogP contribution < -0.4 is 0 Å². The number of para-hydroxylation sites is 2. The summed E-state index contributed by atoms with van der Waals surface area (Å²) in [6, 6.07) is 57.3. The Labute approximate surface area is 353 Å². The van der Waals surface area contributed by atoms with E-state index in [1.54, 1.807) is 0 Å². The van der Waals surface area contributed by atoms with Gasteiger partial charge in [-0.2, -0.15) is 0 Å². The number of benzene rings is 8.